The summed E-state index contributed by atoms with van der Waals surface area (Å²) in [6, 6.07) is 2.09. The minimum absolute atomic E-state index is 0.0288. The van der Waals surface area contributed by atoms with Crippen LogP contribution >= 0.6 is 11.3 Å². The molecule has 3 aliphatic rings. The lowest BCUT2D eigenvalue weighted by Gasteiger charge is -2.33. The average molecular weight is 308 g/mol. The Kier molecular flexibility index (Phi) is 3.11. The van der Waals surface area contributed by atoms with Gasteiger partial charge in [-0.3, -0.25) is 10.1 Å². The van der Waals surface area contributed by atoms with Crippen LogP contribution in [0.3, 0.4) is 0 Å². The van der Waals surface area contributed by atoms with Gasteiger partial charge in [-0.05, 0) is 35.2 Å². The number of carbonyl (C=O) groups excluding carboxylic acids is 1. The van der Waals surface area contributed by atoms with Gasteiger partial charge in [-0.15, -0.1) is 0 Å². The predicted octanol–water partition coefficient (Wildman–Crippen LogP) is 1.52. The standard InChI is InChI=1S/C15H20N2O3S/c1-19-14(5-6-20-10-14)9-17-12(11-2-7-21-8-11)16-15(3-4-15)13(17)18/h2,7-8,12,16H,3-6,9-10H2,1H3. The molecule has 21 heavy (non-hydrogen) atoms. The molecule has 4 rings (SSSR count). The second-order valence-corrected chi connectivity index (χ2v) is 7.09. The molecule has 2 aliphatic heterocycles. The fourth-order valence-corrected chi connectivity index (χ4v) is 4.06. The van der Waals surface area contributed by atoms with Gasteiger partial charge < -0.3 is 14.4 Å². The number of nitrogens with one attached hydrogen (secondary N) is 1. The first-order valence-electron chi connectivity index (χ1n) is 7.42. The summed E-state index contributed by atoms with van der Waals surface area (Å²) < 4.78 is 11.2. The van der Waals surface area contributed by atoms with E-state index >= 15 is 0 Å². The molecule has 2 atom stereocenters. The Labute approximate surface area is 128 Å². The van der Waals surface area contributed by atoms with Crippen LogP contribution in [0.5, 0.6) is 0 Å². The van der Waals surface area contributed by atoms with Crippen LogP contribution in [0.15, 0.2) is 16.8 Å². The molecule has 3 heterocycles. The Bertz CT molecular complexity index is 535. The van der Waals surface area contributed by atoms with E-state index in [-0.39, 0.29) is 23.2 Å². The summed E-state index contributed by atoms with van der Waals surface area (Å²) in [7, 11) is 1.72. The van der Waals surface area contributed by atoms with Gasteiger partial charge in [0.05, 0.1) is 13.2 Å². The molecular weight excluding hydrogens is 288 g/mol. The van der Waals surface area contributed by atoms with E-state index in [2.05, 4.69) is 22.1 Å². The SMILES string of the molecule is COC1(CN2C(=O)C3(CC3)NC2c2ccsc2)CCOC1. The maximum Gasteiger partial charge on any atom is 0.244 e. The topological polar surface area (TPSA) is 50.8 Å². The van der Waals surface area contributed by atoms with Crippen LogP contribution in [0, 0.1) is 0 Å². The van der Waals surface area contributed by atoms with E-state index in [4.69, 9.17) is 9.47 Å². The number of ether oxygens (including phenoxy) is 2. The summed E-state index contributed by atoms with van der Waals surface area (Å²) in [5, 5.41) is 7.72. The van der Waals surface area contributed by atoms with Crippen molar-refractivity contribution in [3.05, 3.63) is 22.4 Å². The van der Waals surface area contributed by atoms with Gasteiger partial charge in [0.15, 0.2) is 0 Å². The Morgan fingerprint density at radius 3 is 2.95 bits per heavy atom. The van der Waals surface area contributed by atoms with Crippen LogP contribution in [0.25, 0.3) is 0 Å². The summed E-state index contributed by atoms with van der Waals surface area (Å²) in [4.78, 5) is 14.8. The minimum atomic E-state index is -0.355. The molecule has 0 radical (unpaired) electrons. The van der Waals surface area contributed by atoms with Gasteiger partial charge in [0.1, 0.15) is 17.3 Å². The van der Waals surface area contributed by atoms with E-state index in [1.54, 1.807) is 18.4 Å². The molecule has 5 nitrogen and oxygen atoms in total. The quantitative estimate of drug-likeness (QED) is 0.916. The third-order valence-corrected chi connectivity index (χ3v) is 5.66. The third kappa shape index (κ3) is 2.12. The lowest BCUT2D eigenvalue weighted by molar-refractivity contribution is -0.135. The van der Waals surface area contributed by atoms with Crippen LogP contribution in [-0.2, 0) is 14.3 Å². The highest BCUT2D eigenvalue weighted by molar-refractivity contribution is 7.07. The van der Waals surface area contributed by atoms with Crippen molar-refractivity contribution in [2.45, 2.75) is 36.6 Å². The Balaban J connectivity index is 1.62. The Morgan fingerprint density at radius 2 is 2.38 bits per heavy atom. The van der Waals surface area contributed by atoms with Gasteiger partial charge in [-0.1, -0.05) is 0 Å². The molecule has 6 heteroatoms. The molecule has 0 aromatic carbocycles. The minimum Gasteiger partial charge on any atom is -0.378 e. The van der Waals surface area contributed by atoms with Crippen molar-refractivity contribution in [2.75, 3.05) is 26.9 Å². The molecule has 0 bridgehead atoms. The molecule has 1 amide bonds. The van der Waals surface area contributed by atoms with Crippen molar-refractivity contribution in [2.24, 2.45) is 0 Å². The average Bonchev–Trinajstić information content (AvgIpc) is 2.88. The monoisotopic (exact) mass is 308 g/mol. The van der Waals surface area contributed by atoms with Crippen molar-refractivity contribution in [1.82, 2.24) is 10.2 Å². The first-order valence-corrected chi connectivity index (χ1v) is 8.36. The predicted molar refractivity (Wildman–Crippen MR) is 79.0 cm³/mol. The molecular formula is C15H20N2O3S. The normalized spacial score (nSPS) is 34.0. The van der Waals surface area contributed by atoms with Crippen molar-refractivity contribution < 1.29 is 14.3 Å². The molecule has 1 saturated carbocycles. The lowest BCUT2D eigenvalue weighted by atomic mass is 10.0. The van der Waals surface area contributed by atoms with Gasteiger partial charge in [0.2, 0.25) is 5.91 Å². The van der Waals surface area contributed by atoms with Crippen LogP contribution in [0.2, 0.25) is 0 Å². The second kappa shape index (κ2) is 4.78. The lowest BCUT2D eigenvalue weighted by Crippen LogP contribution is -2.47. The van der Waals surface area contributed by atoms with E-state index in [9.17, 15) is 4.79 Å². The van der Waals surface area contributed by atoms with Gasteiger partial charge >= 0.3 is 0 Å². The number of rotatable bonds is 4. The smallest absolute Gasteiger partial charge is 0.244 e. The summed E-state index contributed by atoms with van der Waals surface area (Å²) >= 11 is 1.66. The fourth-order valence-electron chi connectivity index (χ4n) is 3.38. The van der Waals surface area contributed by atoms with Crippen molar-refractivity contribution in [1.29, 1.82) is 0 Å². The van der Waals surface area contributed by atoms with Crippen LogP contribution < -0.4 is 5.32 Å². The molecule has 2 saturated heterocycles. The number of carbonyl (C=O) groups is 1. The number of nitrogens with zero attached hydrogens (tertiary/aromatic N) is 1. The van der Waals surface area contributed by atoms with E-state index in [1.807, 2.05) is 4.90 Å². The maximum absolute atomic E-state index is 12.8. The van der Waals surface area contributed by atoms with E-state index < -0.39 is 0 Å². The molecule has 2 unspecified atom stereocenters. The first kappa shape index (κ1) is 13.7. The van der Waals surface area contributed by atoms with Gasteiger partial charge in [-0.25, -0.2) is 0 Å². The van der Waals surface area contributed by atoms with E-state index in [0.717, 1.165) is 19.3 Å². The third-order valence-electron chi connectivity index (χ3n) is 4.96. The molecule has 114 valence electrons. The number of amides is 1. The zero-order chi connectivity index (χ0) is 14.5. The second-order valence-electron chi connectivity index (χ2n) is 6.31. The molecule has 1 aromatic heterocycles. The van der Waals surface area contributed by atoms with E-state index in [0.29, 0.717) is 19.8 Å². The first-order chi connectivity index (χ1) is 10.2. The maximum atomic E-state index is 12.8. The largest absolute Gasteiger partial charge is 0.378 e. The van der Waals surface area contributed by atoms with Crippen LogP contribution in [0.4, 0.5) is 0 Å². The molecule has 1 aromatic rings. The van der Waals surface area contributed by atoms with Gasteiger partial charge in [0, 0.05) is 20.1 Å². The molecule has 1 spiro atoms. The van der Waals surface area contributed by atoms with Gasteiger partial charge in [0.25, 0.3) is 0 Å². The van der Waals surface area contributed by atoms with Crippen molar-refractivity contribution >= 4 is 17.2 Å². The number of hydrogen-bond acceptors (Lipinski definition) is 5. The Morgan fingerprint density at radius 1 is 1.52 bits per heavy atom. The van der Waals surface area contributed by atoms with Crippen molar-refractivity contribution in [3.8, 4) is 0 Å². The highest BCUT2D eigenvalue weighted by Crippen LogP contribution is 2.47. The summed E-state index contributed by atoms with van der Waals surface area (Å²) in [5.41, 5.74) is 0.509. The van der Waals surface area contributed by atoms with Crippen LogP contribution in [0.1, 0.15) is 31.0 Å². The number of methoxy groups -OCH3 is 1. The van der Waals surface area contributed by atoms with Crippen molar-refractivity contribution in [3.63, 3.8) is 0 Å². The highest BCUT2D eigenvalue weighted by Gasteiger charge is 2.60. The Hall–Kier alpha value is -0.950. The highest BCUT2D eigenvalue weighted by atomic mass is 32.1. The zero-order valence-electron chi connectivity index (χ0n) is 12.1. The number of thiophene rings is 1. The van der Waals surface area contributed by atoms with E-state index in [1.165, 1.54) is 5.56 Å². The van der Waals surface area contributed by atoms with Gasteiger partial charge in [-0.2, -0.15) is 11.3 Å². The summed E-state index contributed by atoms with van der Waals surface area (Å²) in [6.45, 7) is 1.87. The van der Waals surface area contributed by atoms with Crippen LogP contribution in [-0.4, -0.2) is 48.8 Å². The summed E-state index contributed by atoms with van der Waals surface area (Å²) in [6.07, 6.45) is 2.70. The fraction of sp³-hybridized carbons (Fsp3) is 0.667. The molecule has 1 N–H and O–H groups in total. The summed E-state index contributed by atoms with van der Waals surface area (Å²) in [5.74, 6) is 0.224. The number of hydrogen-bond donors (Lipinski definition) is 1. The molecule has 3 fully saturated rings. The zero-order valence-corrected chi connectivity index (χ0v) is 12.9. The molecule has 1 aliphatic carbocycles.